The summed E-state index contributed by atoms with van der Waals surface area (Å²) in [5, 5.41) is 40.5. The Balaban J connectivity index is 0. The lowest BCUT2D eigenvalue weighted by Gasteiger charge is -2.07. The third-order valence-corrected chi connectivity index (χ3v) is 1.71. The van der Waals surface area contributed by atoms with Crippen LogP contribution in [0.3, 0.4) is 0 Å². The van der Waals surface area contributed by atoms with Crippen LogP contribution < -0.4 is 5.73 Å². The summed E-state index contributed by atoms with van der Waals surface area (Å²) in [5.74, 6) is -4.35. The van der Waals surface area contributed by atoms with E-state index in [1.54, 1.807) is 0 Å². The van der Waals surface area contributed by atoms with E-state index in [1.807, 2.05) is 0 Å². The first-order chi connectivity index (χ1) is 7.64. The second-order valence-corrected chi connectivity index (χ2v) is 3.06. The number of rotatable bonds is 5. The molecule has 9 nitrogen and oxygen atoms in total. The first-order valence-corrected chi connectivity index (χ1v) is 4.69. The van der Waals surface area contributed by atoms with Gasteiger partial charge in [-0.3, -0.25) is 4.79 Å². The van der Waals surface area contributed by atoms with Crippen LogP contribution in [0.5, 0.6) is 0 Å². The summed E-state index contributed by atoms with van der Waals surface area (Å²) in [6, 6.07) is -0.816. The van der Waals surface area contributed by atoms with E-state index in [4.69, 9.17) is 31.3 Å². The minimum atomic E-state index is -2.27. The average molecular weight is 271 g/mol. The molecule has 2 unspecified atom stereocenters. The van der Waals surface area contributed by atoms with Gasteiger partial charge in [0.25, 0.3) is 0 Å². The van der Waals surface area contributed by atoms with Crippen molar-refractivity contribution in [2.75, 3.05) is 5.75 Å². The Morgan fingerprint density at radius 1 is 0.941 bits per heavy atom. The smallest absolute Gasteiger partial charge is 0.335 e. The first-order valence-electron chi connectivity index (χ1n) is 4.06. The summed E-state index contributed by atoms with van der Waals surface area (Å²) < 4.78 is 0. The maximum atomic E-state index is 9.77. The van der Waals surface area contributed by atoms with E-state index in [9.17, 15) is 14.4 Å². The van der Waals surface area contributed by atoms with Crippen molar-refractivity contribution in [2.45, 2.75) is 18.2 Å². The molecular formula is C7H13NO8S. The van der Waals surface area contributed by atoms with Crippen LogP contribution >= 0.6 is 12.6 Å². The van der Waals surface area contributed by atoms with E-state index in [-0.39, 0.29) is 5.75 Å². The van der Waals surface area contributed by atoms with Gasteiger partial charge < -0.3 is 31.3 Å². The first kappa shape index (κ1) is 18.0. The number of thiol groups is 1. The van der Waals surface area contributed by atoms with Crippen LogP contribution in [0.1, 0.15) is 0 Å². The number of aliphatic hydroxyl groups excluding tert-OH is 2. The van der Waals surface area contributed by atoms with E-state index in [1.165, 1.54) is 0 Å². The fourth-order valence-corrected chi connectivity index (χ4v) is 0.504. The summed E-state index contributed by atoms with van der Waals surface area (Å²) in [5.41, 5.74) is 4.94. The van der Waals surface area contributed by atoms with Gasteiger partial charge in [0.05, 0.1) is 0 Å². The molecule has 0 bridgehead atoms. The number of carbonyl (C=O) groups is 3. The third kappa shape index (κ3) is 8.45. The van der Waals surface area contributed by atoms with Crippen molar-refractivity contribution in [3.05, 3.63) is 0 Å². The number of carboxylic acids is 3. The molecule has 0 saturated heterocycles. The predicted octanol–water partition coefficient (Wildman–Crippen LogP) is -2.79. The van der Waals surface area contributed by atoms with Crippen molar-refractivity contribution in [3.8, 4) is 0 Å². The van der Waals surface area contributed by atoms with Crippen LogP contribution in [0.15, 0.2) is 0 Å². The number of aliphatic hydroxyl groups is 2. The van der Waals surface area contributed by atoms with E-state index < -0.39 is 36.2 Å². The van der Waals surface area contributed by atoms with E-state index >= 15 is 0 Å². The monoisotopic (exact) mass is 271 g/mol. The number of hydrogen-bond donors (Lipinski definition) is 7. The second kappa shape index (κ2) is 8.75. The van der Waals surface area contributed by atoms with Gasteiger partial charge in [-0.1, -0.05) is 0 Å². The van der Waals surface area contributed by atoms with Crippen LogP contribution in [0.4, 0.5) is 0 Å². The normalized spacial score (nSPS) is 14.8. The Hall–Kier alpha value is -1.36. The van der Waals surface area contributed by atoms with Crippen LogP contribution in [-0.4, -0.2) is 67.4 Å². The number of aliphatic carboxylic acids is 3. The molecular weight excluding hydrogens is 258 g/mol. The van der Waals surface area contributed by atoms with Crippen molar-refractivity contribution < 1.29 is 39.9 Å². The predicted molar refractivity (Wildman–Crippen MR) is 56.7 cm³/mol. The molecule has 0 aliphatic rings. The van der Waals surface area contributed by atoms with Crippen molar-refractivity contribution in [2.24, 2.45) is 5.73 Å². The molecule has 0 saturated carbocycles. The lowest BCUT2D eigenvalue weighted by Crippen LogP contribution is -2.39. The van der Waals surface area contributed by atoms with Crippen molar-refractivity contribution >= 4 is 30.5 Å². The molecule has 100 valence electrons. The van der Waals surface area contributed by atoms with Gasteiger partial charge >= 0.3 is 17.9 Å². The molecule has 0 spiro atoms. The molecule has 0 fully saturated rings. The van der Waals surface area contributed by atoms with Gasteiger partial charge in [0, 0.05) is 5.75 Å². The van der Waals surface area contributed by atoms with Crippen LogP contribution in [-0.2, 0) is 14.4 Å². The number of hydrogen-bond acceptors (Lipinski definition) is 7. The lowest BCUT2D eigenvalue weighted by molar-refractivity contribution is -0.165. The highest BCUT2D eigenvalue weighted by atomic mass is 32.1. The number of carboxylic acid groups (broad SMARTS) is 3. The zero-order chi connectivity index (χ0) is 14.2. The summed E-state index contributed by atoms with van der Waals surface area (Å²) in [7, 11) is 0. The molecule has 7 N–H and O–H groups in total. The topological polar surface area (TPSA) is 178 Å². The molecule has 0 aromatic rings. The van der Waals surface area contributed by atoms with Gasteiger partial charge in [-0.05, 0) is 0 Å². The molecule has 3 atom stereocenters. The fourth-order valence-electron chi connectivity index (χ4n) is 0.348. The highest BCUT2D eigenvalue weighted by Gasteiger charge is 2.29. The highest BCUT2D eigenvalue weighted by molar-refractivity contribution is 7.80. The summed E-state index contributed by atoms with van der Waals surface area (Å²) in [6.07, 6.45) is -4.53. The Morgan fingerprint density at radius 2 is 1.24 bits per heavy atom. The molecule has 0 rings (SSSR count). The van der Waals surface area contributed by atoms with E-state index in [0.717, 1.165) is 0 Å². The zero-order valence-electron chi connectivity index (χ0n) is 8.42. The Bertz CT molecular complexity index is 265. The lowest BCUT2D eigenvalue weighted by atomic mass is 10.2. The largest absolute Gasteiger partial charge is 0.480 e. The maximum absolute atomic E-state index is 9.77. The quantitative estimate of drug-likeness (QED) is 0.260. The molecule has 0 aliphatic carbocycles. The van der Waals surface area contributed by atoms with Crippen molar-refractivity contribution in [3.63, 3.8) is 0 Å². The Morgan fingerprint density at radius 3 is 1.29 bits per heavy atom. The molecule has 0 amide bonds. The molecule has 0 aromatic heterocycles. The number of nitrogens with two attached hydrogens (primary N) is 1. The fraction of sp³-hybridized carbons (Fsp3) is 0.571. The Labute approximate surface area is 101 Å². The average Bonchev–Trinajstić information content (AvgIpc) is 2.26. The van der Waals surface area contributed by atoms with Gasteiger partial charge in [0.15, 0.2) is 12.2 Å². The summed E-state index contributed by atoms with van der Waals surface area (Å²) >= 11 is 3.65. The van der Waals surface area contributed by atoms with Gasteiger partial charge in [0.2, 0.25) is 0 Å². The molecule has 17 heavy (non-hydrogen) atoms. The van der Waals surface area contributed by atoms with Crippen LogP contribution in [0.25, 0.3) is 0 Å². The summed E-state index contributed by atoms with van der Waals surface area (Å²) in [4.78, 5) is 29.3. The summed E-state index contributed by atoms with van der Waals surface area (Å²) in [6.45, 7) is 0. The standard InChI is InChI=1S/C4H6O6.C3H7NO2S/c5-1(3(7)8)2(6)4(9)10;4-2(1-7)3(5)6/h1-2,5-6H,(H,7,8)(H,9,10);2,7H,1,4H2,(H,5,6)/t;2-/m.0/s1. The van der Waals surface area contributed by atoms with Gasteiger partial charge in [0.1, 0.15) is 6.04 Å². The molecule has 0 aromatic carbocycles. The van der Waals surface area contributed by atoms with Crippen LogP contribution in [0, 0.1) is 0 Å². The van der Waals surface area contributed by atoms with Gasteiger partial charge in [-0.15, -0.1) is 0 Å². The SMILES string of the molecule is N[C@@H](CS)C(=O)O.O=C(O)C(O)C(O)C(=O)O. The minimum Gasteiger partial charge on any atom is -0.480 e. The third-order valence-electron chi connectivity index (χ3n) is 1.32. The van der Waals surface area contributed by atoms with Gasteiger partial charge in [-0.25, -0.2) is 9.59 Å². The molecule has 0 heterocycles. The van der Waals surface area contributed by atoms with Crippen LogP contribution in [0.2, 0.25) is 0 Å². The second-order valence-electron chi connectivity index (χ2n) is 2.69. The molecule has 0 aliphatic heterocycles. The minimum absolute atomic E-state index is 0.190. The molecule has 0 radical (unpaired) electrons. The van der Waals surface area contributed by atoms with Gasteiger partial charge in [-0.2, -0.15) is 12.6 Å². The van der Waals surface area contributed by atoms with E-state index in [2.05, 4.69) is 12.6 Å². The Kier molecular flexibility index (Phi) is 9.28. The maximum Gasteiger partial charge on any atom is 0.335 e. The zero-order valence-corrected chi connectivity index (χ0v) is 9.32. The highest BCUT2D eigenvalue weighted by Crippen LogP contribution is 1.92. The van der Waals surface area contributed by atoms with E-state index in [0.29, 0.717) is 0 Å². The van der Waals surface area contributed by atoms with Crippen molar-refractivity contribution in [1.29, 1.82) is 0 Å². The van der Waals surface area contributed by atoms with Crippen molar-refractivity contribution in [1.82, 2.24) is 0 Å². The molecule has 10 heteroatoms.